The normalized spacial score (nSPS) is 13.9. The highest BCUT2D eigenvalue weighted by molar-refractivity contribution is 7.89. The number of nitrogens with one attached hydrogen (secondary N) is 1. The van der Waals surface area contributed by atoms with Crippen LogP contribution in [0.3, 0.4) is 0 Å². The predicted octanol–water partition coefficient (Wildman–Crippen LogP) is 0.382. The van der Waals surface area contributed by atoms with Gasteiger partial charge in [0.15, 0.2) is 0 Å². The molecule has 1 heterocycles. The van der Waals surface area contributed by atoms with Crippen molar-refractivity contribution in [1.29, 1.82) is 0 Å². The van der Waals surface area contributed by atoms with E-state index in [1.165, 1.54) is 12.4 Å². The molecule has 1 atom stereocenters. The molecule has 5 nitrogen and oxygen atoms in total. The molecule has 78 valence electrons. The lowest BCUT2D eigenvalue weighted by atomic mass is 10.4. The van der Waals surface area contributed by atoms with Gasteiger partial charge in [0, 0.05) is 24.3 Å². The molecule has 1 N–H and O–H groups in total. The van der Waals surface area contributed by atoms with Crippen molar-refractivity contribution in [3.63, 3.8) is 0 Å². The number of sulfonamides is 1. The monoisotopic (exact) mass is 235 g/mol. The van der Waals surface area contributed by atoms with Gasteiger partial charge in [0.2, 0.25) is 0 Å². The lowest BCUT2D eigenvalue weighted by Gasteiger charge is -2.09. The SMILES string of the molecule is CC(CCl)NS(=O)(=O)c1ncccn1. The van der Waals surface area contributed by atoms with Gasteiger partial charge in [0.1, 0.15) is 0 Å². The topological polar surface area (TPSA) is 72.0 Å². The molecule has 0 fully saturated rings. The number of rotatable bonds is 4. The van der Waals surface area contributed by atoms with Crippen molar-refractivity contribution in [2.24, 2.45) is 0 Å². The van der Waals surface area contributed by atoms with E-state index in [2.05, 4.69) is 14.7 Å². The Labute approximate surface area is 87.6 Å². The van der Waals surface area contributed by atoms with Crippen LogP contribution in [-0.2, 0) is 10.0 Å². The Balaban J connectivity index is 2.87. The van der Waals surface area contributed by atoms with Gasteiger partial charge in [-0.25, -0.2) is 23.1 Å². The summed E-state index contributed by atoms with van der Waals surface area (Å²) >= 11 is 5.48. The Kier molecular flexibility index (Phi) is 3.79. The van der Waals surface area contributed by atoms with Crippen LogP contribution in [0.15, 0.2) is 23.6 Å². The second-order valence-corrected chi connectivity index (χ2v) is 4.62. The molecule has 0 spiro atoms. The van der Waals surface area contributed by atoms with Crippen molar-refractivity contribution >= 4 is 21.6 Å². The summed E-state index contributed by atoms with van der Waals surface area (Å²) in [5.74, 6) is 0.200. The Morgan fingerprint density at radius 2 is 2.07 bits per heavy atom. The van der Waals surface area contributed by atoms with E-state index in [0.29, 0.717) is 0 Å². The minimum absolute atomic E-state index is 0.200. The lowest BCUT2D eigenvalue weighted by molar-refractivity contribution is 0.561. The summed E-state index contributed by atoms with van der Waals surface area (Å²) in [6.45, 7) is 1.66. The van der Waals surface area contributed by atoms with Crippen molar-refractivity contribution in [2.75, 3.05) is 5.88 Å². The molecule has 0 aliphatic rings. The van der Waals surface area contributed by atoms with Gasteiger partial charge in [-0.05, 0) is 13.0 Å². The molecule has 0 radical (unpaired) electrons. The molecule has 0 saturated carbocycles. The number of alkyl halides is 1. The average Bonchev–Trinajstić information content (AvgIpc) is 2.18. The minimum atomic E-state index is -3.63. The molecule has 0 aromatic carbocycles. The van der Waals surface area contributed by atoms with E-state index in [1.54, 1.807) is 13.0 Å². The van der Waals surface area contributed by atoms with Gasteiger partial charge in [0.25, 0.3) is 15.2 Å². The Hall–Kier alpha value is -0.720. The second kappa shape index (κ2) is 4.68. The van der Waals surface area contributed by atoms with Gasteiger partial charge in [-0.15, -0.1) is 11.6 Å². The molecule has 0 bridgehead atoms. The fourth-order valence-corrected chi connectivity index (χ4v) is 2.06. The van der Waals surface area contributed by atoms with Crippen LogP contribution in [0.1, 0.15) is 6.92 Å². The van der Waals surface area contributed by atoms with Crippen LogP contribution in [0.2, 0.25) is 0 Å². The van der Waals surface area contributed by atoms with E-state index in [9.17, 15) is 8.42 Å². The van der Waals surface area contributed by atoms with Gasteiger partial charge in [-0.1, -0.05) is 0 Å². The maximum atomic E-state index is 11.5. The van der Waals surface area contributed by atoms with Crippen LogP contribution in [0, 0.1) is 0 Å². The largest absolute Gasteiger partial charge is 0.276 e. The lowest BCUT2D eigenvalue weighted by Crippen LogP contribution is -2.34. The average molecular weight is 236 g/mol. The summed E-state index contributed by atoms with van der Waals surface area (Å²) in [7, 11) is -3.63. The van der Waals surface area contributed by atoms with Crippen LogP contribution in [0.25, 0.3) is 0 Å². The van der Waals surface area contributed by atoms with Gasteiger partial charge in [-0.3, -0.25) is 0 Å². The van der Waals surface area contributed by atoms with Gasteiger partial charge in [-0.2, -0.15) is 0 Å². The van der Waals surface area contributed by atoms with E-state index in [0.717, 1.165) is 0 Å². The molecule has 0 aliphatic carbocycles. The van der Waals surface area contributed by atoms with Crippen LogP contribution in [-0.4, -0.2) is 30.3 Å². The summed E-state index contributed by atoms with van der Waals surface area (Å²) in [6, 6.07) is 1.20. The summed E-state index contributed by atoms with van der Waals surface area (Å²) in [6.07, 6.45) is 2.74. The van der Waals surface area contributed by atoms with E-state index >= 15 is 0 Å². The number of hydrogen-bond acceptors (Lipinski definition) is 4. The summed E-state index contributed by atoms with van der Waals surface area (Å²) in [5.41, 5.74) is 0. The third-order valence-electron chi connectivity index (χ3n) is 1.37. The number of halogens is 1. The van der Waals surface area contributed by atoms with Crippen LogP contribution >= 0.6 is 11.6 Å². The van der Waals surface area contributed by atoms with Crippen LogP contribution in [0.4, 0.5) is 0 Å². The fraction of sp³-hybridized carbons (Fsp3) is 0.429. The predicted molar refractivity (Wildman–Crippen MR) is 52.5 cm³/mol. The first-order chi connectivity index (χ1) is 6.56. The summed E-state index contributed by atoms with van der Waals surface area (Å²) in [5, 5.41) is -0.239. The van der Waals surface area contributed by atoms with Crippen molar-refractivity contribution in [1.82, 2.24) is 14.7 Å². The van der Waals surface area contributed by atoms with Crippen molar-refractivity contribution in [3.8, 4) is 0 Å². The second-order valence-electron chi connectivity index (χ2n) is 2.71. The van der Waals surface area contributed by atoms with E-state index in [4.69, 9.17) is 11.6 Å². The van der Waals surface area contributed by atoms with E-state index < -0.39 is 10.0 Å². The number of aromatic nitrogens is 2. The first-order valence-electron chi connectivity index (χ1n) is 3.91. The summed E-state index contributed by atoms with van der Waals surface area (Å²) < 4.78 is 25.4. The smallest absolute Gasteiger partial charge is 0.226 e. The maximum absolute atomic E-state index is 11.5. The highest BCUT2D eigenvalue weighted by atomic mass is 35.5. The van der Waals surface area contributed by atoms with Crippen molar-refractivity contribution in [2.45, 2.75) is 18.1 Å². The third-order valence-corrected chi connectivity index (χ3v) is 3.24. The molecule has 1 unspecified atom stereocenters. The number of nitrogens with zero attached hydrogens (tertiary/aromatic N) is 2. The molecule has 1 rings (SSSR count). The molecule has 7 heteroatoms. The van der Waals surface area contributed by atoms with Crippen LogP contribution < -0.4 is 4.72 Å². The third kappa shape index (κ3) is 2.90. The highest BCUT2D eigenvalue weighted by Gasteiger charge is 2.18. The van der Waals surface area contributed by atoms with Crippen molar-refractivity contribution < 1.29 is 8.42 Å². The molecule has 0 saturated heterocycles. The zero-order valence-electron chi connectivity index (χ0n) is 7.51. The molecular weight excluding hydrogens is 226 g/mol. The standard InChI is InChI=1S/C7H10ClN3O2S/c1-6(5-8)11-14(12,13)7-9-3-2-4-10-7/h2-4,6,11H,5H2,1H3. The number of hydrogen-bond donors (Lipinski definition) is 1. The molecule has 1 aromatic heterocycles. The Morgan fingerprint density at radius 3 is 2.57 bits per heavy atom. The van der Waals surface area contributed by atoms with E-state index in [-0.39, 0.29) is 17.1 Å². The maximum Gasteiger partial charge on any atom is 0.276 e. The first kappa shape index (κ1) is 11.4. The zero-order chi connectivity index (χ0) is 10.6. The van der Waals surface area contributed by atoms with E-state index in [1.807, 2.05) is 0 Å². The molecule has 0 aliphatic heterocycles. The first-order valence-corrected chi connectivity index (χ1v) is 5.93. The quantitative estimate of drug-likeness (QED) is 0.605. The molecule has 1 aromatic rings. The Morgan fingerprint density at radius 1 is 1.50 bits per heavy atom. The van der Waals surface area contributed by atoms with Crippen LogP contribution in [0.5, 0.6) is 0 Å². The minimum Gasteiger partial charge on any atom is -0.226 e. The zero-order valence-corrected chi connectivity index (χ0v) is 9.09. The van der Waals surface area contributed by atoms with Gasteiger partial charge < -0.3 is 0 Å². The molecular formula is C7H10ClN3O2S. The Bertz CT molecular complexity index is 381. The molecule has 0 amide bonds. The highest BCUT2D eigenvalue weighted by Crippen LogP contribution is 2.00. The summed E-state index contributed by atoms with van der Waals surface area (Å²) in [4.78, 5) is 7.27. The molecule has 14 heavy (non-hydrogen) atoms. The van der Waals surface area contributed by atoms with Crippen molar-refractivity contribution in [3.05, 3.63) is 18.5 Å². The van der Waals surface area contributed by atoms with Gasteiger partial charge >= 0.3 is 0 Å². The van der Waals surface area contributed by atoms with Gasteiger partial charge in [0.05, 0.1) is 0 Å². The fourth-order valence-electron chi connectivity index (χ4n) is 0.773.